The molecule has 7 heteroatoms. The minimum atomic E-state index is -0.290. The van der Waals surface area contributed by atoms with E-state index in [4.69, 9.17) is 9.47 Å². The van der Waals surface area contributed by atoms with Crippen LogP contribution < -0.4 is 9.80 Å². The molecule has 1 N–H and O–H groups in total. The first-order valence-electron chi connectivity index (χ1n) is 13.1. The Hall–Kier alpha value is -2.09. The lowest BCUT2D eigenvalue weighted by molar-refractivity contribution is -0.146. The zero-order valence-corrected chi connectivity index (χ0v) is 22.1. The van der Waals surface area contributed by atoms with Gasteiger partial charge in [-0.1, -0.05) is 19.6 Å². The summed E-state index contributed by atoms with van der Waals surface area (Å²) in [5.74, 6) is 0.856. The number of nitrogens with zero attached hydrogens (tertiary/aromatic N) is 3. The third-order valence-electron chi connectivity index (χ3n) is 7.61. The summed E-state index contributed by atoms with van der Waals surface area (Å²) in [6, 6.07) is 6.70. The van der Waals surface area contributed by atoms with Gasteiger partial charge < -0.3 is 24.4 Å². The summed E-state index contributed by atoms with van der Waals surface area (Å²) in [5, 5.41) is 9.84. The highest BCUT2D eigenvalue weighted by Gasteiger charge is 2.40. The Morgan fingerprint density at radius 3 is 2.57 bits per heavy atom. The van der Waals surface area contributed by atoms with Crippen LogP contribution in [0.1, 0.15) is 58.4 Å². The summed E-state index contributed by atoms with van der Waals surface area (Å²) in [4.78, 5) is 19.6. The van der Waals surface area contributed by atoms with Gasteiger partial charge in [0.05, 0.1) is 42.7 Å². The zero-order valence-electron chi connectivity index (χ0n) is 22.1. The topological polar surface area (TPSA) is 65.5 Å². The quantitative estimate of drug-likeness (QED) is 0.522. The largest absolute Gasteiger partial charge is 0.446 e. The lowest BCUT2D eigenvalue weighted by Crippen LogP contribution is -2.53. The highest BCUT2D eigenvalue weighted by molar-refractivity contribution is 5.95. The summed E-state index contributed by atoms with van der Waals surface area (Å²) in [5.41, 5.74) is 4.19. The average Bonchev–Trinajstić information content (AvgIpc) is 3.64. The molecule has 2 fully saturated rings. The molecule has 1 saturated heterocycles. The molecule has 1 amide bonds. The van der Waals surface area contributed by atoms with Crippen LogP contribution in [0.3, 0.4) is 0 Å². The van der Waals surface area contributed by atoms with Gasteiger partial charge in [-0.05, 0) is 76.6 Å². The predicted molar refractivity (Wildman–Crippen MR) is 140 cm³/mol. The number of benzene rings is 1. The number of aliphatic hydroxyl groups excluding tert-OH is 1. The highest BCUT2D eigenvalue weighted by atomic mass is 16.6. The molecule has 1 unspecified atom stereocenters. The Morgan fingerprint density at radius 2 is 2.03 bits per heavy atom. The second kappa shape index (κ2) is 10.5. The summed E-state index contributed by atoms with van der Waals surface area (Å²) in [6.45, 7) is 16.2. The van der Waals surface area contributed by atoms with E-state index in [1.54, 1.807) is 0 Å². The van der Waals surface area contributed by atoms with Crippen molar-refractivity contribution in [3.8, 4) is 0 Å². The Kier molecular flexibility index (Phi) is 7.79. The Balaban J connectivity index is 1.61. The number of carbonyl (C=O) groups is 1. The first-order valence-corrected chi connectivity index (χ1v) is 13.1. The number of fused-ring (bicyclic) bond motifs is 1. The van der Waals surface area contributed by atoms with E-state index in [9.17, 15) is 9.90 Å². The van der Waals surface area contributed by atoms with Crippen LogP contribution in [0.2, 0.25) is 0 Å². The van der Waals surface area contributed by atoms with E-state index in [1.807, 2.05) is 18.7 Å². The highest BCUT2D eigenvalue weighted by Crippen LogP contribution is 2.46. The van der Waals surface area contributed by atoms with Crippen LogP contribution in [0.25, 0.3) is 0 Å². The molecule has 1 saturated carbocycles. The standard InChI is InChI=1S/C28H43N3O4/c1-7-22(14-29(6)15-28(16-32)17-34-18-28)24-10-11-25-26(12-24)30(27(33)35-19(2)3)13-20(4)31(25)21(5)23-8-9-23/h10-12,19-20,22-23,32H,5,7-9,13-18H2,1-4,6H3/t20-,22?/m0/s1. The Labute approximate surface area is 210 Å². The van der Waals surface area contributed by atoms with Crippen LogP contribution in [0, 0.1) is 11.3 Å². The number of hydrogen-bond acceptors (Lipinski definition) is 6. The van der Waals surface area contributed by atoms with Gasteiger partial charge in [0.1, 0.15) is 0 Å². The third-order valence-corrected chi connectivity index (χ3v) is 7.61. The van der Waals surface area contributed by atoms with Crippen LogP contribution >= 0.6 is 0 Å². The van der Waals surface area contributed by atoms with Gasteiger partial charge in [-0.25, -0.2) is 4.79 Å². The second-order valence-corrected chi connectivity index (χ2v) is 11.2. The van der Waals surface area contributed by atoms with E-state index in [0.717, 1.165) is 36.6 Å². The Morgan fingerprint density at radius 1 is 1.31 bits per heavy atom. The second-order valence-electron chi connectivity index (χ2n) is 11.2. The summed E-state index contributed by atoms with van der Waals surface area (Å²) < 4.78 is 11.0. The number of amides is 1. The third kappa shape index (κ3) is 5.52. The van der Waals surface area contributed by atoms with Gasteiger partial charge in [0, 0.05) is 31.4 Å². The van der Waals surface area contributed by atoms with E-state index in [-0.39, 0.29) is 30.3 Å². The molecule has 0 bridgehead atoms. The number of aliphatic hydroxyl groups is 1. The molecule has 3 aliphatic rings. The summed E-state index contributed by atoms with van der Waals surface area (Å²) >= 11 is 0. The maximum absolute atomic E-state index is 13.1. The number of likely N-dealkylation sites (N-methyl/N-ethyl adjacent to an activating group) is 1. The molecule has 1 aromatic carbocycles. The fraction of sp³-hybridized carbons (Fsp3) is 0.679. The van der Waals surface area contributed by atoms with Gasteiger partial charge in [0.15, 0.2) is 0 Å². The average molecular weight is 486 g/mol. The van der Waals surface area contributed by atoms with Crippen molar-refractivity contribution in [2.24, 2.45) is 11.3 Å². The van der Waals surface area contributed by atoms with Crippen LogP contribution in [-0.2, 0) is 9.47 Å². The van der Waals surface area contributed by atoms with Gasteiger partial charge >= 0.3 is 6.09 Å². The normalized spacial score (nSPS) is 22.1. The van der Waals surface area contributed by atoms with E-state index < -0.39 is 0 Å². The molecular weight excluding hydrogens is 442 g/mol. The van der Waals surface area contributed by atoms with Gasteiger partial charge in [-0.3, -0.25) is 4.90 Å². The molecule has 0 spiro atoms. The molecule has 0 radical (unpaired) electrons. The maximum Gasteiger partial charge on any atom is 0.414 e. The predicted octanol–water partition coefficient (Wildman–Crippen LogP) is 4.60. The SMILES string of the molecule is C=C(C1CC1)N1c2ccc(C(CC)CN(C)CC3(CO)COC3)cc2N(C(=O)OC(C)C)C[C@@H]1C. The first kappa shape index (κ1) is 26.0. The molecule has 7 nitrogen and oxygen atoms in total. The van der Waals surface area contributed by atoms with Gasteiger partial charge in [-0.2, -0.15) is 0 Å². The smallest absolute Gasteiger partial charge is 0.414 e. The van der Waals surface area contributed by atoms with Crippen LogP contribution in [0.5, 0.6) is 0 Å². The first-order chi connectivity index (χ1) is 16.7. The minimum Gasteiger partial charge on any atom is -0.446 e. The van der Waals surface area contributed by atoms with E-state index in [1.165, 1.54) is 18.4 Å². The number of anilines is 2. The van der Waals surface area contributed by atoms with Gasteiger partial charge in [0.25, 0.3) is 0 Å². The van der Waals surface area contributed by atoms with Crippen LogP contribution in [0.15, 0.2) is 30.5 Å². The Bertz CT molecular complexity index is 919. The molecule has 4 rings (SSSR count). The van der Waals surface area contributed by atoms with Crippen molar-refractivity contribution in [3.05, 3.63) is 36.0 Å². The molecule has 1 aromatic rings. The monoisotopic (exact) mass is 485 g/mol. The van der Waals surface area contributed by atoms with Crippen molar-refractivity contribution in [1.29, 1.82) is 0 Å². The van der Waals surface area contributed by atoms with Crippen LogP contribution in [-0.4, -0.2) is 74.7 Å². The summed E-state index contributed by atoms with van der Waals surface area (Å²) in [6.07, 6.45) is 2.91. The van der Waals surface area contributed by atoms with Gasteiger partial charge in [-0.15, -0.1) is 0 Å². The van der Waals surface area contributed by atoms with Crippen molar-refractivity contribution < 1.29 is 19.4 Å². The molecule has 194 valence electrons. The fourth-order valence-corrected chi connectivity index (χ4v) is 5.49. The maximum atomic E-state index is 13.1. The van der Waals surface area contributed by atoms with Crippen molar-refractivity contribution in [3.63, 3.8) is 0 Å². The van der Waals surface area contributed by atoms with E-state index in [2.05, 4.69) is 55.5 Å². The van der Waals surface area contributed by atoms with E-state index in [0.29, 0.717) is 31.6 Å². The van der Waals surface area contributed by atoms with Crippen molar-refractivity contribution in [1.82, 2.24) is 4.90 Å². The number of rotatable bonds is 10. The number of hydrogen-bond donors (Lipinski definition) is 1. The van der Waals surface area contributed by atoms with E-state index >= 15 is 0 Å². The fourth-order valence-electron chi connectivity index (χ4n) is 5.49. The molecular formula is C28H43N3O4. The minimum absolute atomic E-state index is 0.133. The molecule has 0 aromatic heterocycles. The van der Waals surface area contributed by atoms with Crippen molar-refractivity contribution >= 4 is 17.5 Å². The lowest BCUT2D eigenvalue weighted by atomic mass is 9.86. The summed E-state index contributed by atoms with van der Waals surface area (Å²) in [7, 11) is 2.12. The molecule has 35 heavy (non-hydrogen) atoms. The number of allylic oxidation sites excluding steroid dienone is 1. The molecule has 2 atom stereocenters. The number of carbonyl (C=O) groups excluding carboxylic acids is 1. The lowest BCUT2D eigenvalue weighted by Gasteiger charge is -2.44. The molecule has 2 heterocycles. The molecule has 1 aliphatic carbocycles. The van der Waals surface area contributed by atoms with Crippen LogP contribution in [0.4, 0.5) is 16.2 Å². The van der Waals surface area contributed by atoms with Crippen molar-refractivity contribution in [2.45, 2.75) is 65.0 Å². The molecule has 2 aliphatic heterocycles. The zero-order chi connectivity index (χ0) is 25.3. The van der Waals surface area contributed by atoms with Gasteiger partial charge in [0.2, 0.25) is 0 Å². The van der Waals surface area contributed by atoms with Crippen molar-refractivity contribution in [2.75, 3.05) is 56.3 Å². The number of ether oxygens (including phenoxy) is 2.